The van der Waals surface area contributed by atoms with Crippen LogP contribution in [-0.2, 0) is 16.6 Å². The first kappa shape index (κ1) is 15.3. The SMILES string of the molecule is Cn1ncc2c(N3CCCC(C(=O)N4CCOCC4)C3)ncnc21. The van der Waals surface area contributed by atoms with Crippen LogP contribution in [0.4, 0.5) is 5.82 Å². The lowest BCUT2D eigenvalue weighted by Crippen LogP contribution is -2.48. The topological polar surface area (TPSA) is 76.4 Å². The molecule has 128 valence electrons. The van der Waals surface area contributed by atoms with E-state index in [0.29, 0.717) is 32.8 Å². The lowest BCUT2D eigenvalue weighted by atomic mass is 9.96. The molecule has 8 nitrogen and oxygen atoms in total. The molecular formula is C16H22N6O2. The Kier molecular flexibility index (Phi) is 4.05. The Balaban J connectivity index is 1.54. The third-order valence-corrected chi connectivity index (χ3v) is 4.90. The molecule has 0 radical (unpaired) electrons. The summed E-state index contributed by atoms with van der Waals surface area (Å²) in [5, 5.41) is 5.22. The first-order chi connectivity index (χ1) is 11.7. The monoisotopic (exact) mass is 330 g/mol. The van der Waals surface area contributed by atoms with Gasteiger partial charge in [0.05, 0.1) is 30.7 Å². The number of rotatable bonds is 2. The summed E-state index contributed by atoms with van der Waals surface area (Å²) in [6.45, 7) is 4.31. The van der Waals surface area contributed by atoms with Gasteiger partial charge in [-0.15, -0.1) is 0 Å². The normalized spacial score (nSPS) is 22.1. The second-order valence-electron chi connectivity index (χ2n) is 6.43. The molecule has 0 bridgehead atoms. The Labute approximate surface area is 140 Å². The minimum Gasteiger partial charge on any atom is -0.378 e. The van der Waals surface area contributed by atoms with E-state index in [2.05, 4.69) is 20.0 Å². The fourth-order valence-electron chi connectivity index (χ4n) is 3.61. The van der Waals surface area contributed by atoms with Crippen molar-refractivity contribution in [2.45, 2.75) is 12.8 Å². The van der Waals surface area contributed by atoms with Gasteiger partial charge in [-0.2, -0.15) is 5.10 Å². The van der Waals surface area contributed by atoms with Crippen LogP contribution in [0.15, 0.2) is 12.5 Å². The van der Waals surface area contributed by atoms with Crippen LogP contribution >= 0.6 is 0 Å². The number of fused-ring (bicyclic) bond motifs is 1. The number of hydrogen-bond acceptors (Lipinski definition) is 6. The van der Waals surface area contributed by atoms with E-state index >= 15 is 0 Å². The molecule has 2 fully saturated rings. The molecule has 0 spiro atoms. The molecule has 2 aromatic heterocycles. The number of ether oxygens (including phenoxy) is 1. The van der Waals surface area contributed by atoms with E-state index in [1.807, 2.05) is 11.9 Å². The molecule has 2 aromatic rings. The standard InChI is InChI=1S/C16H22N6O2/c1-20-14-13(9-19-20)15(18-11-17-14)22-4-2-3-12(10-22)16(23)21-5-7-24-8-6-21/h9,11-12H,2-8,10H2,1H3. The van der Waals surface area contributed by atoms with Crippen molar-refractivity contribution in [2.75, 3.05) is 44.3 Å². The van der Waals surface area contributed by atoms with Crippen LogP contribution in [0.2, 0.25) is 0 Å². The number of anilines is 1. The highest BCUT2D eigenvalue weighted by Gasteiger charge is 2.31. The third-order valence-electron chi connectivity index (χ3n) is 4.90. The predicted octanol–water partition coefficient (Wildman–Crippen LogP) is 0.439. The lowest BCUT2D eigenvalue weighted by molar-refractivity contribution is -0.139. The molecule has 1 unspecified atom stereocenters. The molecule has 0 aromatic carbocycles. The third kappa shape index (κ3) is 2.71. The molecule has 0 N–H and O–H groups in total. The zero-order valence-corrected chi connectivity index (χ0v) is 13.9. The highest BCUT2D eigenvalue weighted by atomic mass is 16.5. The van der Waals surface area contributed by atoms with Crippen LogP contribution < -0.4 is 4.90 Å². The smallest absolute Gasteiger partial charge is 0.227 e. The fraction of sp³-hybridized carbons (Fsp3) is 0.625. The summed E-state index contributed by atoms with van der Waals surface area (Å²) in [7, 11) is 1.88. The van der Waals surface area contributed by atoms with E-state index < -0.39 is 0 Å². The number of carbonyl (C=O) groups excluding carboxylic acids is 1. The van der Waals surface area contributed by atoms with Gasteiger partial charge in [0.1, 0.15) is 12.1 Å². The van der Waals surface area contributed by atoms with Crippen molar-refractivity contribution in [2.24, 2.45) is 13.0 Å². The minimum absolute atomic E-state index is 0.0264. The molecule has 8 heteroatoms. The van der Waals surface area contributed by atoms with Crippen molar-refractivity contribution in [1.29, 1.82) is 0 Å². The summed E-state index contributed by atoms with van der Waals surface area (Å²) in [5.74, 6) is 1.16. The maximum atomic E-state index is 12.8. The van der Waals surface area contributed by atoms with Gasteiger partial charge >= 0.3 is 0 Å². The molecule has 1 atom stereocenters. The van der Waals surface area contributed by atoms with E-state index in [9.17, 15) is 4.79 Å². The number of piperidine rings is 1. The molecule has 24 heavy (non-hydrogen) atoms. The largest absolute Gasteiger partial charge is 0.378 e. The molecule has 2 aliphatic heterocycles. The summed E-state index contributed by atoms with van der Waals surface area (Å²) in [4.78, 5) is 25.7. The first-order valence-electron chi connectivity index (χ1n) is 8.48. The summed E-state index contributed by atoms with van der Waals surface area (Å²) in [6, 6.07) is 0. The van der Waals surface area contributed by atoms with Gasteiger partial charge in [0.2, 0.25) is 5.91 Å². The summed E-state index contributed by atoms with van der Waals surface area (Å²) in [6.07, 6.45) is 5.31. The van der Waals surface area contributed by atoms with Crippen molar-refractivity contribution in [3.05, 3.63) is 12.5 Å². The average molecular weight is 330 g/mol. The molecule has 4 heterocycles. The Morgan fingerprint density at radius 1 is 1.25 bits per heavy atom. The molecule has 4 rings (SSSR count). The molecule has 0 saturated carbocycles. The van der Waals surface area contributed by atoms with E-state index in [1.54, 1.807) is 17.2 Å². The number of amides is 1. The molecule has 1 amide bonds. The Morgan fingerprint density at radius 2 is 2.08 bits per heavy atom. The van der Waals surface area contributed by atoms with Gasteiger partial charge in [-0.3, -0.25) is 9.48 Å². The highest BCUT2D eigenvalue weighted by Crippen LogP contribution is 2.28. The van der Waals surface area contributed by atoms with E-state index in [1.165, 1.54) is 0 Å². The van der Waals surface area contributed by atoms with E-state index in [-0.39, 0.29) is 11.8 Å². The van der Waals surface area contributed by atoms with Crippen LogP contribution in [-0.4, -0.2) is 69.9 Å². The second-order valence-corrected chi connectivity index (χ2v) is 6.43. The van der Waals surface area contributed by atoms with Crippen LogP contribution in [0.3, 0.4) is 0 Å². The second kappa shape index (κ2) is 6.35. The van der Waals surface area contributed by atoms with Crippen molar-refractivity contribution < 1.29 is 9.53 Å². The number of aromatic nitrogens is 4. The van der Waals surface area contributed by atoms with Gasteiger partial charge in [0.15, 0.2) is 5.65 Å². The van der Waals surface area contributed by atoms with Crippen LogP contribution in [0.1, 0.15) is 12.8 Å². The summed E-state index contributed by atoms with van der Waals surface area (Å²) in [5.41, 5.74) is 0.821. The maximum Gasteiger partial charge on any atom is 0.227 e. The first-order valence-corrected chi connectivity index (χ1v) is 8.48. The minimum atomic E-state index is 0.0264. The zero-order chi connectivity index (χ0) is 16.5. The number of morpholine rings is 1. The zero-order valence-electron chi connectivity index (χ0n) is 13.9. The van der Waals surface area contributed by atoms with Gasteiger partial charge in [-0.1, -0.05) is 0 Å². The quantitative estimate of drug-likeness (QED) is 0.795. The van der Waals surface area contributed by atoms with Crippen LogP contribution in [0.25, 0.3) is 11.0 Å². The van der Waals surface area contributed by atoms with Gasteiger partial charge in [0, 0.05) is 33.2 Å². The average Bonchev–Trinajstić information content (AvgIpc) is 3.03. The highest BCUT2D eigenvalue weighted by molar-refractivity contribution is 5.87. The van der Waals surface area contributed by atoms with E-state index in [4.69, 9.17) is 4.74 Å². The molecule has 0 aliphatic carbocycles. The molecular weight excluding hydrogens is 308 g/mol. The number of nitrogens with zero attached hydrogens (tertiary/aromatic N) is 6. The Bertz CT molecular complexity index is 739. The van der Waals surface area contributed by atoms with Gasteiger partial charge in [0.25, 0.3) is 0 Å². The Hall–Kier alpha value is -2.22. The predicted molar refractivity (Wildman–Crippen MR) is 88.6 cm³/mol. The lowest BCUT2D eigenvalue weighted by Gasteiger charge is -2.36. The van der Waals surface area contributed by atoms with Crippen molar-refractivity contribution >= 4 is 22.8 Å². The number of aryl methyl sites for hydroxylation is 1. The summed E-state index contributed by atoms with van der Waals surface area (Å²) < 4.78 is 7.10. The number of carbonyl (C=O) groups is 1. The van der Waals surface area contributed by atoms with Gasteiger partial charge in [-0.05, 0) is 12.8 Å². The Morgan fingerprint density at radius 3 is 2.92 bits per heavy atom. The van der Waals surface area contributed by atoms with Crippen molar-refractivity contribution in [1.82, 2.24) is 24.6 Å². The molecule has 2 saturated heterocycles. The maximum absolute atomic E-state index is 12.8. The van der Waals surface area contributed by atoms with Gasteiger partial charge in [-0.25, -0.2) is 9.97 Å². The van der Waals surface area contributed by atoms with Gasteiger partial charge < -0.3 is 14.5 Å². The molecule has 2 aliphatic rings. The van der Waals surface area contributed by atoms with Crippen molar-refractivity contribution in [3.63, 3.8) is 0 Å². The fourth-order valence-corrected chi connectivity index (χ4v) is 3.61. The summed E-state index contributed by atoms with van der Waals surface area (Å²) >= 11 is 0. The number of hydrogen-bond donors (Lipinski definition) is 0. The van der Waals surface area contributed by atoms with Crippen molar-refractivity contribution in [3.8, 4) is 0 Å². The van der Waals surface area contributed by atoms with E-state index in [0.717, 1.165) is 36.2 Å². The van der Waals surface area contributed by atoms with Crippen LogP contribution in [0, 0.1) is 5.92 Å². The van der Waals surface area contributed by atoms with Crippen LogP contribution in [0.5, 0.6) is 0 Å².